The van der Waals surface area contributed by atoms with Gasteiger partial charge in [-0.2, -0.15) is 0 Å². The molecule has 11 heteroatoms. The SMILES string of the molecule is COC(=O)CC1=NOC(c2ccc(C(N)=NB(C)O)cc2)C1.[C-]#[N+]c1ccc(C2CC(CC)=NO2)cc1. The van der Waals surface area contributed by atoms with Crippen molar-refractivity contribution in [1.29, 1.82) is 0 Å². The topological polar surface area (TPSA) is 132 Å². The van der Waals surface area contributed by atoms with Crippen LogP contribution in [0.1, 0.15) is 61.5 Å². The molecule has 2 unspecified atom stereocenters. The van der Waals surface area contributed by atoms with Gasteiger partial charge < -0.3 is 25.2 Å². The molecule has 0 aromatic heterocycles. The van der Waals surface area contributed by atoms with Crippen LogP contribution in [0.4, 0.5) is 5.69 Å². The lowest BCUT2D eigenvalue weighted by Gasteiger charge is -2.09. The van der Waals surface area contributed by atoms with Crippen molar-refractivity contribution in [2.45, 2.75) is 51.6 Å². The van der Waals surface area contributed by atoms with Crippen LogP contribution in [-0.4, -0.2) is 42.4 Å². The van der Waals surface area contributed by atoms with Gasteiger partial charge in [0.1, 0.15) is 5.84 Å². The fourth-order valence-electron chi connectivity index (χ4n) is 3.67. The fourth-order valence-corrected chi connectivity index (χ4v) is 3.67. The van der Waals surface area contributed by atoms with E-state index in [-0.39, 0.29) is 30.4 Å². The normalized spacial score (nSPS) is 18.3. The third kappa shape index (κ3) is 7.91. The van der Waals surface area contributed by atoms with Crippen LogP contribution < -0.4 is 5.73 Å². The number of benzene rings is 2. The number of carbonyl (C=O) groups is 1. The van der Waals surface area contributed by atoms with Crippen LogP contribution in [0.15, 0.2) is 63.7 Å². The van der Waals surface area contributed by atoms with E-state index in [1.54, 1.807) is 12.1 Å². The number of hydrogen-bond donors (Lipinski definition) is 2. The van der Waals surface area contributed by atoms with Gasteiger partial charge in [-0.15, -0.1) is 0 Å². The minimum absolute atomic E-state index is 0.0414. The number of oxime groups is 2. The van der Waals surface area contributed by atoms with Crippen molar-refractivity contribution in [3.05, 3.63) is 76.6 Å². The number of nitrogens with two attached hydrogens (primary N) is 1. The zero-order valence-corrected chi connectivity index (χ0v) is 21.1. The first-order valence-corrected chi connectivity index (χ1v) is 11.9. The van der Waals surface area contributed by atoms with E-state index >= 15 is 0 Å². The van der Waals surface area contributed by atoms with Gasteiger partial charge in [0.15, 0.2) is 17.9 Å². The summed E-state index contributed by atoms with van der Waals surface area (Å²) >= 11 is 0. The van der Waals surface area contributed by atoms with E-state index in [2.05, 4.69) is 31.7 Å². The van der Waals surface area contributed by atoms with Crippen LogP contribution in [0.5, 0.6) is 0 Å². The van der Waals surface area contributed by atoms with Gasteiger partial charge in [-0.05, 0) is 24.4 Å². The Morgan fingerprint density at radius 2 is 1.65 bits per heavy atom. The van der Waals surface area contributed by atoms with Crippen molar-refractivity contribution in [2.24, 2.45) is 20.9 Å². The van der Waals surface area contributed by atoms with Gasteiger partial charge in [0.2, 0.25) is 0 Å². The summed E-state index contributed by atoms with van der Waals surface area (Å²) in [6.45, 7) is 10.5. The van der Waals surface area contributed by atoms with E-state index in [0.717, 1.165) is 35.2 Å². The first kappa shape index (κ1) is 27.4. The Morgan fingerprint density at radius 3 is 2.14 bits per heavy atom. The average Bonchev–Trinajstić information content (AvgIpc) is 3.59. The van der Waals surface area contributed by atoms with Crippen molar-refractivity contribution in [2.75, 3.05) is 7.11 Å². The highest BCUT2D eigenvalue weighted by Crippen LogP contribution is 2.30. The Bertz CT molecular complexity index is 1200. The minimum Gasteiger partial charge on any atom is -0.469 e. The van der Waals surface area contributed by atoms with Crippen molar-refractivity contribution in [1.82, 2.24) is 0 Å². The highest BCUT2D eigenvalue weighted by Gasteiger charge is 2.25. The number of nitrogens with zero attached hydrogens (tertiary/aromatic N) is 4. The quantitative estimate of drug-likeness (QED) is 0.190. The molecule has 0 radical (unpaired) electrons. The molecular weight excluding hydrogens is 473 g/mol. The monoisotopic (exact) mass is 503 g/mol. The van der Waals surface area contributed by atoms with Crippen molar-refractivity contribution in [3.8, 4) is 0 Å². The molecule has 2 aromatic carbocycles. The van der Waals surface area contributed by atoms with Crippen LogP contribution >= 0.6 is 0 Å². The molecule has 0 amide bonds. The van der Waals surface area contributed by atoms with Gasteiger partial charge >= 0.3 is 13.0 Å². The molecule has 2 aliphatic heterocycles. The zero-order valence-electron chi connectivity index (χ0n) is 21.1. The molecular formula is C26H30BN5O5. The number of carbonyl (C=O) groups excluding carboxylic acids is 1. The Hall–Kier alpha value is -4.17. The predicted octanol–water partition coefficient (Wildman–Crippen LogP) is 4.35. The Balaban J connectivity index is 0.000000220. The van der Waals surface area contributed by atoms with Crippen molar-refractivity contribution in [3.63, 3.8) is 0 Å². The molecule has 0 aliphatic carbocycles. The second-order valence-electron chi connectivity index (χ2n) is 8.49. The number of esters is 1. The molecule has 2 heterocycles. The minimum atomic E-state index is -0.841. The molecule has 192 valence electrons. The lowest BCUT2D eigenvalue weighted by atomic mass is 9.90. The molecule has 2 aromatic rings. The summed E-state index contributed by atoms with van der Waals surface area (Å²) in [5, 5.41) is 17.1. The molecule has 0 saturated heterocycles. The van der Waals surface area contributed by atoms with Gasteiger partial charge in [-0.25, -0.2) is 4.85 Å². The summed E-state index contributed by atoms with van der Waals surface area (Å²) in [4.78, 5) is 29.1. The summed E-state index contributed by atoms with van der Waals surface area (Å²) in [5.41, 5.74) is 10.9. The van der Waals surface area contributed by atoms with E-state index in [1.807, 2.05) is 36.4 Å². The maximum Gasteiger partial charge on any atom is 0.429 e. The lowest BCUT2D eigenvalue weighted by Crippen LogP contribution is -2.18. The molecule has 4 rings (SSSR count). The summed E-state index contributed by atoms with van der Waals surface area (Å²) in [7, 11) is 0.501. The lowest BCUT2D eigenvalue weighted by molar-refractivity contribution is -0.139. The number of methoxy groups -OCH3 is 1. The van der Waals surface area contributed by atoms with Gasteiger partial charge in [-0.1, -0.05) is 65.8 Å². The second kappa shape index (κ2) is 13.2. The fraction of sp³-hybridized carbons (Fsp3) is 0.346. The molecule has 2 atom stereocenters. The van der Waals surface area contributed by atoms with Gasteiger partial charge in [0.05, 0.1) is 31.5 Å². The van der Waals surface area contributed by atoms with Crippen molar-refractivity contribution < 1.29 is 24.2 Å². The summed E-state index contributed by atoms with van der Waals surface area (Å²) < 4.78 is 4.60. The third-order valence-corrected chi connectivity index (χ3v) is 5.74. The molecule has 3 N–H and O–H groups in total. The predicted molar refractivity (Wildman–Crippen MR) is 142 cm³/mol. The average molecular weight is 503 g/mol. The molecule has 0 fully saturated rings. The summed E-state index contributed by atoms with van der Waals surface area (Å²) in [6, 6.07) is 14.8. The number of hydrogen-bond acceptors (Lipinski definition) is 8. The van der Waals surface area contributed by atoms with Crippen LogP contribution in [0.2, 0.25) is 6.82 Å². The van der Waals surface area contributed by atoms with E-state index in [9.17, 15) is 9.82 Å². The molecule has 2 aliphatic rings. The van der Waals surface area contributed by atoms with E-state index in [1.165, 1.54) is 13.9 Å². The van der Waals surface area contributed by atoms with Crippen LogP contribution in [0.3, 0.4) is 0 Å². The Labute approximate surface area is 216 Å². The first-order valence-electron chi connectivity index (χ1n) is 11.9. The highest BCUT2D eigenvalue weighted by molar-refractivity contribution is 6.49. The van der Waals surface area contributed by atoms with Crippen LogP contribution in [0, 0.1) is 6.57 Å². The van der Waals surface area contributed by atoms with Gasteiger partial charge in [-0.3, -0.25) is 9.70 Å². The first-order chi connectivity index (χ1) is 17.8. The molecule has 0 spiro atoms. The smallest absolute Gasteiger partial charge is 0.429 e. The van der Waals surface area contributed by atoms with Crippen LogP contribution in [-0.2, 0) is 19.2 Å². The zero-order chi connectivity index (χ0) is 26.8. The summed E-state index contributed by atoms with van der Waals surface area (Å²) in [5.74, 6) is -0.0584. The Kier molecular flexibility index (Phi) is 9.80. The summed E-state index contributed by atoms with van der Waals surface area (Å²) in [6.07, 6.45) is 2.32. The maximum absolute atomic E-state index is 11.2. The van der Waals surface area contributed by atoms with E-state index < -0.39 is 7.05 Å². The largest absolute Gasteiger partial charge is 0.469 e. The third-order valence-electron chi connectivity index (χ3n) is 5.74. The standard InChI is InChI=1S/C14H18BN3O4.C12H12N2O/c1-15(20)17-14(16)10-5-3-9(4-6-10)12-7-11(18-22-12)8-13(19)21-2;1-3-10-8-12(15-14-10)9-4-6-11(13-2)7-5-9/h3-6,12,20H,7-8H2,1-2H3,(H2,16,17);4-7,12H,3,8H2,1H3. The number of amidine groups is 1. The van der Waals surface area contributed by atoms with Gasteiger partial charge in [0, 0.05) is 18.4 Å². The molecule has 10 nitrogen and oxygen atoms in total. The molecule has 0 bridgehead atoms. The second-order valence-corrected chi connectivity index (χ2v) is 8.49. The number of rotatable bonds is 7. The highest BCUT2D eigenvalue weighted by atomic mass is 16.6. The van der Waals surface area contributed by atoms with E-state index in [4.69, 9.17) is 22.0 Å². The van der Waals surface area contributed by atoms with Gasteiger partial charge in [0.25, 0.3) is 0 Å². The number of ether oxygens (including phenoxy) is 1. The maximum atomic E-state index is 11.2. The Morgan fingerprint density at radius 1 is 1.11 bits per heavy atom. The molecule has 0 saturated carbocycles. The van der Waals surface area contributed by atoms with Crippen molar-refractivity contribution >= 4 is 36.0 Å². The van der Waals surface area contributed by atoms with E-state index in [0.29, 0.717) is 17.8 Å². The van der Waals surface area contributed by atoms with Crippen LogP contribution in [0.25, 0.3) is 4.85 Å². The molecule has 37 heavy (non-hydrogen) atoms.